The van der Waals surface area contributed by atoms with Crippen LogP contribution in [0, 0.1) is 21.8 Å². The quantitative estimate of drug-likeness (QED) is 0.650. The van der Waals surface area contributed by atoms with Crippen molar-refractivity contribution in [2.45, 2.75) is 6.04 Å². The minimum absolute atomic E-state index is 0.0422. The van der Waals surface area contributed by atoms with Gasteiger partial charge < -0.3 is 14.7 Å². The topological polar surface area (TPSA) is 92.9 Å². The van der Waals surface area contributed by atoms with Gasteiger partial charge in [-0.05, 0) is 22.0 Å². The monoisotopic (exact) mass is 362 g/mol. The normalized spacial score (nSPS) is 21.3. The summed E-state index contributed by atoms with van der Waals surface area (Å²) in [5.41, 5.74) is -0.288. The standard InChI is InChI=1S/C12H12BrFN2O5/c1-15(11-5-21-4-6(11)12(17)18)9-2-7(13)8(14)3-10(9)16(19)20/h2-3,6,11H,4-5H2,1H3,(H,17,18). The van der Waals surface area contributed by atoms with Crippen molar-refractivity contribution >= 4 is 33.3 Å². The van der Waals surface area contributed by atoms with Gasteiger partial charge in [-0.1, -0.05) is 0 Å². The largest absolute Gasteiger partial charge is 0.481 e. The van der Waals surface area contributed by atoms with E-state index < -0.39 is 34.4 Å². The molecule has 0 spiro atoms. The van der Waals surface area contributed by atoms with Crippen LogP contribution >= 0.6 is 15.9 Å². The molecule has 0 radical (unpaired) electrons. The lowest BCUT2D eigenvalue weighted by Gasteiger charge is -2.28. The van der Waals surface area contributed by atoms with Gasteiger partial charge in [0.25, 0.3) is 5.69 Å². The lowest BCUT2D eigenvalue weighted by atomic mass is 10.0. The number of anilines is 1. The summed E-state index contributed by atoms with van der Waals surface area (Å²) in [7, 11) is 1.53. The number of nitro groups is 1. The van der Waals surface area contributed by atoms with Crippen LogP contribution in [0.2, 0.25) is 0 Å². The first kappa shape index (κ1) is 15.6. The highest BCUT2D eigenvalue weighted by atomic mass is 79.9. The molecular formula is C12H12BrFN2O5. The Labute approximate surface area is 127 Å². The van der Waals surface area contributed by atoms with Gasteiger partial charge in [0.15, 0.2) is 0 Å². The summed E-state index contributed by atoms with van der Waals surface area (Å²) in [6, 6.07) is 1.52. The maximum absolute atomic E-state index is 13.5. The molecule has 0 bridgehead atoms. The Balaban J connectivity index is 2.43. The third-order valence-corrected chi connectivity index (χ3v) is 4.07. The van der Waals surface area contributed by atoms with E-state index in [-0.39, 0.29) is 23.4 Å². The van der Waals surface area contributed by atoms with Crippen LogP contribution in [0.15, 0.2) is 16.6 Å². The molecule has 1 aliphatic heterocycles. The summed E-state index contributed by atoms with van der Waals surface area (Å²) in [5, 5.41) is 20.2. The van der Waals surface area contributed by atoms with Gasteiger partial charge in [-0.2, -0.15) is 0 Å². The second kappa shape index (κ2) is 5.94. The van der Waals surface area contributed by atoms with E-state index in [1.807, 2.05) is 0 Å². The molecule has 0 saturated carbocycles. The van der Waals surface area contributed by atoms with E-state index in [1.54, 1.807) is 0 Å². The first-order valence-electron chi connectivity index (χ1n) is 5.99. The lowest BCUT2D eigenvalue weighted by Crippen LogP contribution is -2.41. The molecule has 21 heavy (non-hydrogen) atoms. The van der Waals surface area contributed by atoms with Crippen molar-refractivity contribution in [3.8, 4) is 0 Å². The van der Waals surface area contributed by atoms with E-state index in [2.05, 4.69) is 15.9 Å². The fraction of sp³-hybridized carbons (Fsp3) is 0.417. The van der Waals surface area contributed by atoms with Crippen LogP contribution in [-0.4, -0.2) is 42.3 Å². The molecule has 114 valence electrons. The third kappa shape index (κ3) is 2.98. The maximum atomic E-state index is 13.5. The van der Waals surface area contributed by atoms with E-state index in [0.717, 1.165) is 6.07 Å². The van der Waals surface area contributed by atoms with Gasteiger partial charge >= 0.3 is 5.97 Å². The fourth-order valence-electron chi connectivity index (χ4n) is 2.29. The Bertz CT molecular complexity index is 597. The molecule has 1 N–H and O–H groups in total. The van der Waals surface area contributed by atoms with Crippen molar-refractivity contribution in [2.75, 3.05) is 25.2 Å². The van der Waals surface area contributed by atoms with Crippen molar-refractivity contribution in [1.29, 1.82) is 0 Å². The predicted octanol–water partition coefficient (Wildman–Crippen LogP) is 2.03. The molecule has 7 nitrogen and oxygen atoms in total. The number of hydrogen-bond acceptors (Lipinski definition) is 5. The second-order valence-electron chi connectivity index (χ2n) is 4.67. The second-order valence-corrected chi connectivity index (χ2v) is 5.53. The van der Waals surface area contributed by atoms with E-state index >= 15 is 0 Å². The van der Waals surface area contributed by atoms with Gasteiger partial charge in [0, 0.05) is 7.05 Å². The van der Waals surface area contributed by atoms with Crippen LogP contribution in [-0.2, 0) is 9.53 Å². The zero-order valence-electron chi connectivity index (χ0n) is 11.0. The molecule has 1 aromatic rings. The molecule has 1 fully saturated rings. The Morgan fingerprint density at radius 1 is 1.57 bits per heavy atom. The number of carboxylic acid groups (broad SMARTS) is 1. The summed E-state index contributed by atoms with van der Waals surface area (Å²) in [4.78, 5) is 23.0. The molecule has 2 atom stereocenters. The molecular weight excluding hydrogens is 351 g/mol. The van der Waals surface area contributed by atoms with E-state index in [9.17, 15) is 19.3 Å². The smallest absolute Gasteiger partial charge is 0.311 e. The first-order chi connectivity index (χ1) is 9.82. The third-order valence-electron chi connectivity index (χ3n) is 3.46. The van der Waals surface area contributed by atoms with E-state index in [4.69, 9.17) is 9.84 Å². The van der Waals surface area contributed by atoms with E-state index in [0.29, 0.717) is 0 Å². The number of carboxylic acids is 1. The highest BCUT2D eigenvalue weighted by molar-refractivity contribution is 9.10. The minimum atomic E-state index is -1.03. The number of ether oxygens (including phenoxy) is 1. The summed E-state index contributed by atoms with van der Waals surface area (Å²) < 4.78 is 18.7. The molecule has 1 heterocycles. The number of carbonyl (C=O) groups is 1. The van der Waals surface area contributed by atoms with Crippen LogP contribution in [0.4, 0.5) is 15.8 Å². The summed E-state index contributed by atoms with van der Waals surface area (Å²) >= 11 is 2.98. The highest BCUT2D eigenvalue weighted by Crippen LogP contribution is 2.35. The number of halogens is 2. The first-order valence-corrected chi connectivity index (χ1v) is 6.79. The molecule has 0 aliphatic carbocycles. The van der Waals surface area contributed by atoms with Crippen LogP contribution < -0.4 is 4.90 Å². The Morgan fingerprint density at radius 3 is 2.81 bits per heavy atom. The minimum Gasteiger partial charge on any atom is -0.481 e. The molecule has 9 heteroatoms. The van der Waals surface area contributed by atoms with Gasteiger partial charge in [-0.25, -0.2) is 4.39 Å². The van der Waals surface area contributed by atoms with Gasteiger partial charge in [-0.3, -0.25) is 14.9 Å². The number of hydrogen-bond donors (Lipinski definition) is 1. The molecule has 0 amide bonds. The fourth-order valence-corrected chi connectivity index (χ4v) is 2.63. The molecule has 1 aliphatic rings. The van der Waals surface area contributed by atoms with Crippen molar-refractivity contribution in [3.05, 3.63) is 32.5 Å². The van der Waals surface area contributed by atoms with Crippen LogP contribution in [0.5, 0.6) is 0 Å². The zero-order chi connectivity index (χ0) is 15.7. The maximum Gasteiger partial charge on any atom is 0.311 e. The van der Waals surface area contributed by atoms with Crippen LogP contribution in [0.25, 0.3) is 0 Å². The van der Waals surface area contributed by atoms with Gasteiger partial charge in [-0.15, -0.1) is 0 Å². The number of likely N-dealkylation sites (N-methyl/N-ethyl adjacent to an activating group) is 1. The van der Waals surface area contributed by atoms with E-state index in [1.165, 1.54) is 18.0 Å². The number of nitrogens with zero attached hydrogens (tertiary/aromatic N) is 2. The van der Waals surface area contributed by atoms with Crippen molar-refractivity contribution < 1.29 is 24.0 Å². The molecule has 2 unspecified atom stereocenters. The van der Waals surface area contributed by atoms with Crippen molar-refractivity contribution in [2.24, 2.45) is 5.92 Å². The van der Waals surface area contributed by atoms with Crippen LogP contribution in [0.3, 0.4) is 0 Å². The number of rotatable bonds is 4. The number of benzene rings is 1. The van der Waals surface area contributed by atoms with Crippen LogP contribution in [0.1, 0.15) is 0 Å². The molecule has 1 aromatic carbocycles. The SMILES string of the molecule is CN(c1cc(Br)c(F)cc1[N+](=O)[O-])C1COCC1C(=O)O. The van der Waals surface area contributed by atoms with Crippen molar-refractivity contribution in [3.63, 3.8) is 0 Å². The Morgan fingerprint density at radius 2 is 2.24 bits per heavy atom. The summed E-state index contributed by atoms with van der Waals surface area (Å²) in [6.07, 6.45) is 0. The predicted molar refractivity (Wildman–Crippen MR) is 74.9 cm³/mol. The van der Waals surface area contributed by atoms with Crippen molar-refractivity contribution in [1.82, 2.24) is 0 Å². The Hall–Kier alpha value is -1.74. The Kier molecular flexibility index (Phi) is 4.43. The summed E-state index contributed by atoms with van der Waals surface area (Å²) in [5.74, 6) is -2.58. The van der Waals surface area contributed by atoms with Gasteiger partial charge in [0.05, 0.1) is 34.7 Å². The zero-order valence-corrected chi connectivity index (χ0v) is 12.5. The lowest BCUT2D eigenvalue weighted by molar-refractivity contribution is -0.384. The average molecular weight is 363 g/mol. The highest BCUT2D eigenvalue weighted by Gasteiger charge is 2.38. The number of nitro benzene ring substituents is 1. The summed E-state index contributed by atoms with van der Waals surface area (Å²) in [6.45, 7) is 0.181. The van der Waals surface area contributed by atoms with Gasteiger partial charge in [0.2, 0.25) is 0 Å². The number of aliphatic carboxylic acids is 1. The van der Waals surface area contributed by atoms with Gasteiger partial charge in [0.1, 0.15) is 17.4 Å². The molecule has 1 saturated heterocycles. The average Bonchev–Trinajstić information content (AvgIpc) is 2.89. The molecule has 0 aromatic heterocycles. The molecule has 2 rings (SSSR count).